The van der Waals surface area contributed by atoms with Crippen molar-refractivity contribution in [1.29, 1.82) is 0 Å². The lowest BCUT2D eigenvalue weighted by atomic mass is 9.70. The fraction of sp³-hybridized carbons (Fsp3) is 0.424. The van der Waals surface area contributed by atoms with E-state index in [1.807, 2.05) is 66.2 Å². The summed E-state index contributed by atoms with van der Waals surface area (Å²) in [6, 6.07) is 14.4. The number of carbonyl (C=O) groups is 1. The summed E-state index contributed by atoms with van der Waals surface area (Å²) in [4.78, 5) is 24.3. The zero-order valence-electron chi connectivity index (χ0n) is 27.0. The summed E-state index contributed by atoms with van der Waals surface area (Å²) >= 11 is 0. The fourth-order valence-electron chi connectivity index (χ4n) is 3.90. The van der Waals surface area contributed by atoms with Crippen LogP contribution in [0.3, 0.4) is 0 Å². The maximum atomic E-state index is 11.0. The number of carbonyl (C=O) groups excluding carboxylic acids is 1. The van der Waals surface area contributed by atoms with Crippen molar-refractivity contribution in [2.24, 2.45) is 5.92 Å². The van der Waals surface area contributed by atoms with Gasteiger partial charge in [0.05, 0.1) is 19.0 Å². The number of nitrogens with zero attached hydrogens (tertiary/aromatic N) is 4. The highest BCUT2D eigenvalue weighted by atomic mass is 16.6. The van der Waals surface area contributed by atoms with Crippen LogP contribution in [0.25, 0.3) is 22.5 Å². The molecule has 0 saturated carbocycles. The van der Waals surface area contributed by atoms with E-state index in [2.05, 4.69) is 65.5 Å². The van der Waals surface area contributed by atoms with Gasteiger partial charge < -0.3 is 19.3 Å². The molecule has 4 rings (SSSR count). The number of ether oxygens (including phenoxy) is 2. The molecular formula is C33H47N5O4. The van der Waals surface area contributed by atoms with Crippen LogP contribution in [-0.4, -0.2) is 47.3 Å². The molecule has 1 atom stereocenters. The molecule has 1 aromatic carbocycles. The molecule has 228 valence electrons. The summed E-state index contributed by atoms with van der Waals surface area (Å²) in [6.07, 6.45) is 5.26. The van der Waals surface area contributed by atoms with Gasteiger partial charge >= 0.3 is 5.97 Å². The maximum absolute atomic E-state index is 11.0. The third-order valence-corrected chi connectivity index (χ3v) is 6.34. The minimum absolute atomic E-state index is 0.0545. The molecular weight excluding hydrogens is 530 g/mol. The molecule has 9 nitrogen and oxygen atoms in total. The minimum Gasteiger partial charge on any atom is -0.495 e. The van der Waals surface area contributed by atoms with Gasteiger partial charge in [-0.3, -0.25) is 14.8 Å². The van der Waals surface area contributed by atoms with Crippen molar-refractivity contribution in [2.45, 2.75) is 67.4 Å². The quantitative estimate of drug-likeness (QED) is 0.219. The van der Waals surface area contributed by atoms with E-state index in [0.717, 1.165) is 33.7 Å². The summed E-state index contributed by atoms with van der Waals surface area (Å²) in [5.41, 5.74) is 4.57. The second-order valence-electron chi connectivity index (χ2n) is 9.27. The molecule has 0 aliphatic rings. The van der Waals surface area contributed by atoms with E-state index in [9.17, 15) is 4.79 Å². The first-order valence-corrected chi connectivity index (χ1v) is 14.3. The SMILES string of the molecule is CC.CC.CNC.COc1cncc(-c2ccc(C(C)(c3ccc(-c4noc(COC(C)=O)n4)cn3)C(C)C)cc2)c1. The number of aromatic nitrogens is 4. The average Bonchev–Trinajstić information content (AvgIpc) is 3.51. The van der Waals surface area contributed by atoms with E-state index in [1.165, 1.54) is 6.92 Å². The molecule has 0 aliphatic heterocycles. The Morgan fingerprint density at radius 2 is 1.57 bits per heavy atom. The molecule has 3 aromatic heterocycles. The predicted octanol–water partition coefficient (Wildman–Crippen LogP) is 7.12. The van der Waals surface area contributed by atoms with Crippen LogP contribution in [0.4, 0.5) is 0 Å². The highest BCUT2D eigenvalue weighted by molar-refractivity contribution is 5.66. The van der Waals surface area contributed by atoms with Gasteiger partial charge in [0.2, 0.25) is 5.82 Å². The predicted molar refractivity (Wildman–Crippen MR) is 168 cm³/mol. The normalized spacial score (nSPS) is 11.4. The first-order valence-electron chi connectivity index (χ1n) is 14.3. The van der Waals surface area contributed by atoms with Gasteiger partial charge in [0, 0.05) is 35.9 Å². The van der Waals surface area contributed by atoms with E-state index in [4.69, 9.17) is 19.0 Å². The molecule has 3 heterocycles. The van der Waals surface area contributed by atoms with E-state index in [1.54, 1.807) is 19.5 Å². The Kier molecular flexibility index (Phi) is 15.7. The molecule has 0 aliphatic carbocycles. The number of hydrogen-bond acceptors (Lipinski definition) is 9. The summed E-state index contributed by atoms with van der Waals surface area (Å²) < 4.78 is 15.4. The Labute approximate surface area is 251 Å². The van der Waals surface area contributed by atoms with Crippen molar-refractivity contribution in [3.8, 4) is 28.3 Å². The van der Waals surface area contributed by atoms with Gasteiger partial charge in [0.25, 0.3) is 5.89 Å². The van der Waals surface area contributed by atoms with Crippen molar-refractivity contribution in [3.05, 3.63) is 78.2 Å². The number of rotatable bonds is 8. The third kappa shape index (κ3) is 9.48. The number of esters is 1. The summed E-state index contributed by atoms with van der Waals surface area (Å²) in [7, 11) is 5.39. The number of benzene rings is 1. The number of nitrogens with one attached hydrogen (secondary N) is 1. The molecule has 1 unspecified atom stereocenters. The zero-order valence-corrected chi connectivity index (χ0v) is 27.0. The van der Waals surface area contributed by atoms with Gasteiger partial charge in [-0.05, 0) is 56.3 Å². The molecule has 9 heteroatoms. The van der Waals surface area contributed by atoms with E-state index in [0.29, 0.717) is 5.82 Å². The van der Waals surface area contributed by atoms with Gasteiger partial charge in [0.1, 0.15) is 5.75 Å². The van der Waals surface area contributed by atoms with Crippen LogP contribution < -0.4 is 10.1 Å². The highest BCUT2D eigenvalue weighted by Gasteiger charge is 2.34. The molecule has 42 heavy (non-hydrogen) atoms. The summed E-state index contributed by atoms with van der Waals surface area (Å²) in [6.45, 7) is 15.9. The number of pyridine rings is 2. The molecule has 0 bridgehead atoms. The van der Waals surface area contributed by atoms with Crippen LogP contribution in [0, 0.1) is 5.92 Å². The molecule has 0 fully saturated rings. The van der Waals surface area contributed by atoms with Crippen molar-refractivity contribution in [1.82, 2.24) is 25.4 Å². The van der Waals surface area contributed by atoms with E-state index in [-0.39, 0.29) is 23.8 Å². The zero-order chi connectivity index (χ0) is 31.7. The third-order valence-electron chi connectivity index (χ3n) is 6.34. The fourth-order valence-corrected chi connectivity index (χ4v) is 3.90. The smallest absolute Gasteiger partial charge is 0.303 e. The molecule has 4 aromatic rings. The number of methoxy groups -OCH3 is 1. The van der Waals surface area contributed by atoms with Gasteiger partial charge in [-0.2, -0.15) is 4.98 Å². The van der Waals surface area contributed by atoms with Crippen molar-refractivity contribution >= 4 is 5.97 Å². The topological polar surface area (TPSA) is 112 Å². The molecule has 0 amide bonds. The van der Waals surface area contributed by atoms with Gasteiger partial charge in [-0.1, -0.05) is 71.0 Å². The lowest BCUT2D eigenvalue weighted by Gasteiger charge is -2.34. The minimum atomic E-state index is -0.406. The van der Waals surface area contributed by atoms with Gasteiger partial charge in [-0.15, -0.1) is 0 Å². The Balaban J connectivity index is 0.00000116. The first-order chi connectivity index (χ1) is 20.2. The Hall–Kier alpha value is -4.11. The van der Waals surface area contributed by atoms with Crippen LogP contribution in [0.15, 0.2) is 65.6 Å². The lowest BCUT2D eigenvalue weighted by molar-refractivity contribution is -0.143. The Morgan fingerprint density at radius 1 is 0.952 bits per heavy atom. The lowest BCUT2D eigenvalue weighted by Crippen LogP contribution is -2.31. The molecule has 0 radical (unpaired) electrons. The second kappa shape index (κ2) is 18.3. The summed E-state index contributed by atoms with van der Waals surface area (Å²) in [5, 5.41) is 6.72. The van der Waals surface area contributed by atoms with E-state index < -0.39 is 5.97 Å². The monoisotopic (exact) mass is 577 g/mol. The molecule has 0 saturated heterocycles. The maximum Gasteiger partial charge on any atom is 0.303 e. The van der Waals surface area contributed by atoms with Crippen LogP contribution in [0.1, 0.15) is 72.5 Å². The van der Waals surface area contributed by atoms with Crippen molar-refractivity contribution in [2.75, 3.05) is 21.2 Å². The first kappa shape index (κ1) is 35.9. The van der Waals surface area contributed by atoms with Gasteiger partial charge in [-0.25, -0.2) is 0 Å². The van der Waals surface area contributed by atoms with Crippen LogP contribution >= 0.6 is 0 Å². The van der Waals surface area contributed by atoms with Crippen molar-refractivity contribution in [3.63, 3.8) is 0 Å². The van der Waals surface area contributed by atoms with Crippen molar-refractivity contribution < 1.29 is 18.8 Å². The second-order valence-corrected chi connectivity index (χ2v) is 9.27. The number of hydrogen-bond donors (Lipinski definition) is 1. The van der Waals surface area contributed by atoms with Gasteiger partial charge in [0.15, 0.2) is 6.61 Å². The van der Waals surface area contributed by atoms with E-state index >= 15 is 0 Å². The average molecular weight is 578 g/mol. The molecule has 0 spiro atoms. The van der Waals surface area contributed by atoms with Crippen LogP contribution in [-0.2, 0) is 21.6 Å². The Bertz CT molecular complexity index is 1320. The summed E-state index contributed by atoms with van der Waals surface area (Å²) in [5.74, 6) is 1.23. The van der Waals surface area contributed by atoms with Crippen LogP contribution in [0.5, 0.6) is 5.75 Å². The largest absolute Gasteiger partial charge is 0.495 e. The standard InChI is InChI=1S/C27H28N4O4.C2H7N.2C2H6/c1-17(2)27(4,22-9-6-19(7-10-22)21-12-23(33-5)15-28-13-21)24-11-8-20(14-29-24)26-30-25(35-31-26)16-34-18(3)32;1-3-2;2*1-2/h6-15,17H,16H2,1-5H3;3H,1-2H3;2*1-2H3. The highest BCUT2D eigenvalue weighted by Crippen LogP contribution is 2.39. The Morgan fingerprint density at radius 3 is 2.10 bits per heavy atom. The van der Waals surface area contributed by atoms with Crippen LogP contribution in [0.2, 0.25) is 0 Å². The molecule has 1 N–H and O–H groups in total.